The molecule has 1 spiro atoms. The molecule has 7 heteroatoms. The minimum Gasteiger partial charge on any atom is -0.351 e. The number of nitrogens with zero attached hydrogens (tertiary/aromatic N) is 3. The van der Waals surface area contributed by atoms with E-state index in [1.165, 1.54) is 17.8 Å². The van der Waals surface area contributed by atoms with Gasteiger partial charge < -0.3 is 15.2 Å². The van der Waals surface area contributed by atoms with Gasteiger partial charge in [0.05, 0.1) is 22.4 Å². The number of hydrogen-bond donors (Lipinski definition) is 2. The van der Waals surface area contributed by atoms with Crippen LogP contribution in [0.15, 0.2) is 30.6 Å². The van der Waals surface area contributed by atoms with Gasteiger partial charge in [0.2, 0.25) is 5.95 Å². The van der Waals surface area contributed by atoms with Crippen molar-refractivity contribution < 1.29 is 9.18 Å². The van der Waals surface area contributed by atoms with Gasteiger partial charge in [-0.1, -0.05) is 0 Å². The van der Waals surface area contributed by atoms with Crippen molar-refractivity contribution in [2.24, 2.45) is 7.05 Å². The predicted octanol–water partition coefficient (Wildman–Crippen LogP) is 1.97. The second-order valence-electron chi connectivity index (χ2n) is 8.27. The van der Waals surface area contributed by atoms with Crippen LogP contribution in [0, 0.1) is 5.95 Å². The second kappa shape index (κ2) is 5.73. The van der Waals surface area contributed by atoms with Crippen LogP contribution in [-0.2, 0) is 25.3 Å². The Bertz CT molecular complexity index is 1180. The van der Waals surface area contributed by atoms with E-state index in [0.29, 0.717) is 6.54 Å². The molecular weight excluding hydrogens is 369 g/mol. The Balaban J connectivity index is 1.57. The Morgan fingerprint density at radius 2 is 2.00 bits per heavy atom. The lowest BCUT2D eigenvalue weighted by Gasteiger charge is -2.46. The number of nitrogens with one attached hydrogen (secondary N) is 2. The molecule has 3 aromatic heterocycles. The number of halogens is 1. The third-order valence-electron chi connectivity index (χ3n) is 6.65. The van der Waals surface area contributed by atoms with Crippen molar-refractivity contribution in [2.75, 3.05) is 19.6 Å². The smallest absolute Gasteiger partial charge is 0.253 e. The van der Waals surface area contributed by atoms with Gasteiger partial charge in [-0.25, -0.2) is 4.98 Å². The maximum Gasteiger partial charge on any atom is 0.253 e. The van der Waals surface area contributed by atoms with E-state index in [4.69, 9.17) is 0 Å². The van der Waals surface area contributed by atoms with E-state index < -0.39 is 5.95 Å². The topological polar surface area (TPSA) is 71.8 Å². The number of aryl methyl sites for hydroxylation is 1. The van der Waals surface area contributed by atoms with Gasteiger partial charge in [0.1, 0.15) is 0 Å². The number of hydrogen-bond acceptors (Lipinski definition) is 4. The van der Waals surface area contributed by atoms with E-state index in [0.717, 1.165) is 65.3 Å². The molecule has 2 N–H and O–H groups in total. The van der Waals surface area contributed by atoms with Crippen molar-refractivity contribution in [3.05, 3.63) is 58.9 Å². The molecule has 0 radical (unpaired) electrons. The Morgan fingerprint density at radius 3 is 2.72 bits per heavy atom. The maximum atomic E-state index is 13.2. The van der Waals surface area contributed by atoms with Crippen molar-refractivity contribution in [1.82, 2.24) is 25.2 Å². The SMILES string of the molecule is Cn1c2c(c3c1C1(CNC1)CNC3=O)CCc1cnc(-c3ccc(F)nc3)cc1-2. The Hall–Kier alpha value is -3.06. The maximum absolute atomic E-state index is 13.2. The highest BCUT2D eigenvalue weighted by molar-refractivity contribution is 6.01. The molecule has 146 valence electrons. The van der Waals surface area contributed by atoms with Crippen LogP contribution in [0.25, 0.3) is 22.5 Å². The number of carbonyl (C=O) groups excluding carboxylic acids is 1. The van der Waals surface area contributed by atoms with Crippen molar-refractivity contribution in [2.45, 2.75) is 18.3 Å². The Labute approximate surface area is 167 Å². The van der Waals surface area contributed by atoms with Gasteiger partial charge in [-0.15, -0.1) is 0 Å². The predicted molar refractivity (Wildman–Crippen MR) is 106 cm³/mol. The molecule has 5 heterocycles. The number of pyridine rings is 2. The van der Waals surface area contributed by atoms with Crippen LogP contribution in [0.5, 0.6) is 0 Å². The summed E-state index contributed by atoms with van der Waals surface area (Å²) >= 11 is 0. The highest BCUT2D eigenvalue weighted by atomic mass is 19.1. The first-order valence-electron chi connectivity index (χ1n) is 9.89. The molecular formula is C22H20FN5O. The van der Waals surface area contributed by atoms with Gasteiger partial charge in [0.15, 0.2) is 0 Å². The van der Waals surface area contributed by atoms with Gasteiger partial charge >= 0.3 is 0 Å². The van der Waals surface area contributed by atoms with Crippen LogP contribution in [-0.4, -0.2) is 40.1 Å². The van der Waals surface area contributed by atoms with Gasteiger partial charge in [-0.3, -0.25) is 9.78 Å². The number of carbonyl (C=O) groups is 1. The van der Waals surface area contributed by atoms with Crippen molar-refractivity contribution in [3.63, 3.8) is 0 Å². The molecule has 6 nitrogen and oxygen atoms in total. The third kappa shape index (κ3) is 2.22. The molecule has 3 aromatic rings. The van der Waals surface area contributed by atoms with Crippen LogP contribution in [0.4, 0.5) is 4.39 Å². The summed E-state index contributed by atoms with van der Waals surface area (Å²) in [6.07, 6.45) is 5.10. The zero-order valence-corrected chi connectivity index (χ0v) is 16.1. The molecule has 0 bridgehead atoms. The number of fused-ring (bicyclic) bond motifs is 6. The standard InChI is InChI=1S/C22H20FN5O/c1-28-19-14(18-20(28)22(9-24-10-22)11-27-21(18)29)4-2-12-7-25-16(6-15(12)19)13-3-5-17(23)26-8-13/h3,5-8,24H,2,4,9-11H2,1H3,(H,27,29). The van der Waals surface area contributed by atoms with Gasteiger partial charge in [-0.2, -0.15) is 4.39 Å². The molecule has 2 aliphatic heterocycles. The van der Waals surface area contributed by atoms with E-state index in [-0.39, 0.29) is 11.3 Å². The van der Waals surface area contributed by atoms with Crippen LogP contribution in [0.1, 0.15) is 27.2 Å². The Kier molecular flexibility index (Phi) is 3.33. The monoisotopic (exact) mass is 389 g/mol. The molecule has 1 fully saturated rings. The highest BCUT2D eigenvalue weighted by Crippen LogP contribution is 2.44. The minimum absolute atomic E-state index is 0.0216. The highest BCUT2D eigenvalue weighted by Gasteiger charge is 2.48. The van der Waals surface area contributed by atoms with Crippen LogP contribution in [0.3, 0.4) is 0 Å². The Morgan fingerprint density at radius 1 is 1.14 bits per heavy atom. The first-order valence-corrected chi connectivity index (χ1v) is 9.89. The fourth-order valence-electron chi connectivity index (χ4n) is 5.18. The minimum atomic E-state index is -0.505. The molecule has 1 amide bonds. The fraction of sp³-hybridized carbons (Fsp3) is 0.318. The first-order chi connectivity index (χ1) is 14.1. The summed E-state index contributed by atoms with van der Waals surface area (Å²) in [5.74, 6) is -0.468. The first kappa shape index (κ1) is 16.9. The molecule has 1 aliphatic carbocycles. The van der Waals surface area contributed by atoms with Crippen LogP contribution < -0.4 is 10.6 Å². The van der Waals surface area contributed by atoms with Crippen molar-refractivity contribution in [1.29, 1.82) is 0 Å². The van der Waals surface area contributed by atoms with Gasteiger partial charge in [0.25, 0.3) is 5.91 Å². The molecule has 29 heavy (non-hydrogen) atoms. The largest absolute Gasteiger partial charge is 0.351 e. The van der Waals surface area contributed by atoms with E-state index in [2.05, 4.69) is 38.3 Å². The number of amides is 1. The molecule has 0 atom stereocenters. The van der Waals surface area contributed by atoms with Crippen molar-refractivity contribution in [3.8, 4) is 22.5 Å². The molecule has 1 saturated heterocycles. The summed E-state index contributed by atoms with van der Waals surface area (Å²) in [5.41, 5.74) is 8.05. The lowest BCUT2D eigenvalue weighted by Crippen LogP contribution is -2.65. The van der Waals surface area contributed by atoms with E-state index in [1.807, 2.05) is 6.20 Å². The van der Waals surface area contributed by atoms with Crippen LogP contribution in [0.2, 0.25) is 0 Å². The van der Waals surface area contributed by atoms with Gasteiger partial charge in [0, 0.05) is 55.9 Å². The number of aromatic nitrogens is 3. The summed E-state index contributed by atoms with van der Waals surface area (Å²) < 4.78 is 15.5. The lowest BCUT2D eigenvalue weighted by molar-refractivity contribution is 0.0902. The molecule has 6 rings (SSSR count). The van der Waals surface area contributed by atoms with Crippen molar-refractivity contribution >= 4 is 5.91 Å². The second-order valence-corrected chi connectivity index (χ2v) is 8.27. The normalized spacial score (nSPS) is 18.5. The van der Waals surface area contributed by atoms with Gasteiger partial charge in [-0.05, 0) is 42.2 Å². The molecule has 0 saturated carbocycles. The zero-order valence-electron chi connectivity index (χ0n) is 16.1. The quantitative estimate of drug-likeness (QED) is 0.625. The van der Waals surface area contributed by atoms with E-state index in [9.17, 15) is 9.18 Å². The molecule has 0 unspecified atom stereocenters. The zero-order chi connectivity index (χ0) is 19.8. The average Bonchev–Trinajstić information content (AvgIpc) is 3.02. The molecule has 3 aliphatic rings. The number of rotatable bonds is 1. The van der Waals surface area contributed by atoms with Crippen LogP contribution >= 0.6 is 0 Å². The molecule has 0 aromatic carbocycles. The summed E-state index contributed by atoms with van der Waals surface area (Å²) in [5, 5.41) is 6.49. The van der Waals surface area contributed by atoms with E-state index >= 15 is 0 Å². The summed E-state index contributed by atoms with van der Waals surface area (Å²) in [4.78, 5) is 21.2. The summed E-state index contributed by atoms with van der Waals surface area (Å²) in [7, 11) is 2.07. The fourth-order valence-corrected chi connectivity index (χ4v) is 5.18. The third-order valence-corrected chi connectivity index (χ3v) is 6.65. The average molecular weight is 389 g/mol. The van der Waals surface area contributed by atoms with E-state index in [1.54, 1.807) is 6.07 Å². The summed E-state index contributed by atoms with van der Waals surface area (Å²) in [6.45, 7) is 2.44. The summed E-state index contributed by atoms with van der Waals surface area (Å²) in [6, 6.07) is 5.09. The lowest BCUT2D eigenvalue weighted by atomic mass is 9.74.